The SMILES string of the molecule is COc1ccccc1N1CCN(C(N)Cc2nc3ccc(F)cc3s2)CC1.O=C(O)C=CC(=O)O.O=C(O)C=CC(=O)O. The first-order chi connectivity index (χ1) is 20.4. The quantitative estimate of drug-likeness (QED) is 0.219. The third-order valence-corrected chi connectivity index (χ3v) is 6.77. The second-order valence-electron chi connectivity index (χ2n) is 8.71. The Kier molecular flexibility index (Phi) is 13.7. The number of aromatic nitrogens is 1. The van der Waals surface area contributed by atoms with E-state index in [1.54, 1.807) is 13.2 Å². The number of hydrogen-bond donors (Lipinski definition) is 5. The van der Waals surface area contributed by atoms with Gasteiger partial charge in [-0.3, -0.25) is 4.90 Å². The highest BCUT2D eigenvalue weighted by molar-refractivity contribution is 7.18. The van der Waals surface area contributed by atoms with E-state index < -0.39 is 23.9 Å². The van der Waals surface area contributed by atoms with Crippen molar-refractivity contribution in [3.05, 3.63) is 77.6 Å². The fourth-order valence-electron chi connectivity index (χ4n) is 3.81. The predicted molar refractivity (Wildman–Crippen MR) is 157 cm³/mol. The lowest BCUT2D eigenvalue weighted by atomic mass is 10.2. The highest BCUT2D eigenvalue weighted by atomic mass is 32.1. The number of methoxy groups -OCH3 is 1. The van der Waals surface area contributed by atoms with Crippen LogP contribution in [0.4, 0.5) is 10.1 Å². The molecule has 230 valence electrons. The summed E-state index contributed by atoms with van der Waals surface area (Å²) in [6, 6.07) is 12.8. The second kappa shape index (κ2) is 17.2. The molecule has 0 aliphatic carbocycles. The summed E-state index contributed by atoms with van der Waals surface area (Å²) in [6.45, 7) is 3.58. The molecule has 15 heteroatoms. The van der Waals surface area contributed by atoms with Gasteiger partial charge >= 0.3 is 23.9 Å². The normalized spacial score (nSPS) is 14.0. The van der Waals surface area contributed by atoms with Gasteiger partial charge in [0.05, 0.1) is 34.2 Å². The van der Waals surface area contributed by atoms with Crippen molar-refractivity contribution < 1.29 is 48.7 Å². The van der Waals surface area contributed by atoms with Crippen LogP contribution in [0.15, 0.2) is 66.8 Å². The number of fused-ring (bicyclic) bond motifs is 1. The summed E-state index contributed by atoms with van der Waals surface area (Å²) in [5.74, 6) is -4.36. The van der Waals surface area contributed by atoms with Gasteiger partial charge in [-0.05, 0) is 30.3 Å². The number of aliphatic carboxylic acids is 4. The average Bonchev–Trinajstić information content (AvgIpc) is 3.37. The van der Waals surface area contributed by atoms with Crippen molar-refractivity contribution in [1.29, 1.82) is 0 Å². The summed E-state index contributed by atoms with van der Waals surface area (Å²) in [4.78, 5) is 47.4. The molecule has 1 fully saturated rings. The van der Waals surface area contributed by atoms with Crippen LogP contribution >= 0.6 is 11.3 Å². The number of hydrogen-bond acceptors (Lipinski definition) is 10. The number of piperazine rings is 1. The molecule has 13 nitrogen and oxygen atoms in total. The van der Waals surface area contributed by atoms with Crippen LogP contribution in [0.1, 0.15) is 5.01 Å². The largest absolute Gasteiger partial charge is 0.495 e. The zero-order valence-electron chi connectivity index (χ0n) is 23.0. The van der Waals surface area contributed by atoms with E-state index in [-0.39, 0.29) is 12.0 Å². The molecule has 0 spiro atoms. The Balaban J connectivity index is 0.000000334. The lowest BCUT2D eigenvalue weighted by Crippen LogP contribution is -2.54. The second-order valence-corrected chi connectivity index (χ2v) is 9.82. The number of halogens is 1. The summed E-state index contributed by atoms with van der Waals surface area (Å²) < 4.78 is 19.7. The summed E-state index contributed by atoms with van der Waals surface area (Å²) in [6.07, 6.45) is 2.82. The van der Waals surface area contributed by atoms with Gasteiger partial charge in [0.15, 0.2) is 0 Å². The molecule has 3 aromatic rings. The van der Waals surface area contributed by atoms with Gasteiger partial charge in [-0.1, -0.05) is 12.1 Å². The van der Waals surface area contributed by atoms with Gasteiger partial charge in [0.2, 0.25) is 0 Å². The number of carboxylic acid groups (broad SMARTS) is 4. The van der Waals surface area contributed by atoms with E-state index in [0.29, 0.717) is 30.7 Å². The summed E-state index contributed by atoms with van der Waals surface area (Å²) >= 11 is 1.52. The van der Waals surface area contributed by atoms with E-state index in [9.17, 15) is 23.6 Å². The molecule has 0 saturated carbocycles. The van der Waals surface area contributed by atoms with E-state index in [2.05, 4.69) is 20.9 Å². The summed E-state index contributed by atoms with van der Waals surface area (Å²) in [5.41, 5.74) is 8.41. The van der Waals surface area contributed by atoms with Crippen LogP contribution in [0, 0.1) is 5.82 Å². The molecular formula is C28H31FN4O9S. The number of para-hydroxylation sites is 2. The highest BCUT2D eigenvalue weighted by Crippen LogP contribution is 2.29. The van der Waals surface area contributed by atoms with E-state index in [1.807, 2.05) is 18.2 Å². The van der Waals surface area contributed by atoms with Crippen molar-refractivity contribution in [2.45, 2.75) is 12.6 Å². The number of ether oxygens (including phenoxy) is 1. The number of nitrogens with two attached hydrogens (primary N) is 1. The zero-order valence-corrected chi connectivity index (χ0v) is 23.8. The molecule has 0 radical (unpaired) electrons. The molecule has 4 rings (SSSR count). The predicted octanol–water partition coefficient (Wildman–Crippen LogP) is 2.52. The monoisotopic (exact) mass is 618 g/mol. The number of nitrogens with zero attached hydrogens (tertiary/aromatic N) is 3. The van der Waals surface area contributed by atoms with E-state index >= 15 is 0 Å². The third-order valence-electron chi connectivity index (χ3n) is 5.72. The van der Waals surface area contributed by atoms with Gasteiger partial charge in [-0.15, -0.1) is 11.3 Å². The average molecular weight is 619 g/mol. The molecule has 1 saturated heterocycles. The number of anilines is 1. The number of rotatable bonds is 9. The van der Waals surface area contributed by atoms with Gasteiger partial charge in [0.25, 0.3) is 0 Å². The maximum atomic E-state index is 13.4. The van der Waals surface area contributed by atoms with Gasteiger partial charge in [0.1, 0.15) is 11.6 Å². The van der Waals surface area contributed by atoms with Crippen molar-refractivity contribution in [1.82, 2.24) is 9.88 Å². The highest BCUT2D eigenvalue weighted by Gasteiger charge is 2.24. The molecule has 2 aromatic carbocycles. The molecular weight excluding hydrogens is 587 g/mol. The standard InChI is InChI=1S/C20H23FN4OS.2C4H4O4/c1-26-17-5-3-2-4-16(17)24-8-10-25(11-9-24)19(22)13-20-23-15-7-6-14(21)12-18(15)27-20;2*5-3(6)1-2-4(7)8/h2-7,12,19H,8-11,13,22H2,1H3;2*1-2H,(H,5,6)(H,7,8). The van der Waals surface area contributed by atoms with Crippen molar-refractivity contribution >= 4 is 51.1 Å². The molecule has 0 amide bonds. The molecule has 43 heavy (non-hydrogen) atoms. The molecule has 6 N–H and O–H groups in total. The molecule has 1 aromatic heterocycles. The van der Waals surface area contributed by atoms with Crippen LogP contribution in [0.2, 0.25) is 0 Å². The number of carboxylic acids is 4. The van der Waals surface area contributed by atoms with Gasteiger partial charge < -0.3 is 35.8 Å². The van der Waals surface area contributed by atoms with Crippen LogP contribution in [-0.4, -0.2) is 93.6 Å². The Hall–Kier alpha value is -4.86. The zero-order chi connectivity index (χ0) is 31.9. The fraction of sp³-hybridized carbons (Fsp3) is 0.250. The molecule has 2 heterocycles. The van der Waals surface area contributed by atoms with Gasteiger partial charge in [-0.25, -0.2) is 28.6 Å². The lowest BCUT2D eigenvalue weighted by molar-refractivity contribution is -0.134. The van der Waals surface area contributed by atoms with Crippen molar-refractivity contribution in [3.63, 3.8) is 0 Å². The number of carbonyl (C=O) groups is 4. The van der Waals surface area contributed by atoms with Crippen LogP contribution in [-0.2, 0) is 25.6 Å². The first-order valence-electron chi connectivity index (χ1n) is 12.6. The molecule has 0 bridgehead atoms. The van der Waals surface area contributed by atoms with Crippen LogP contribution < -0.4 is 15.4 Å². The van der Waals surface area contributed by atoms with E-state index in [1.165, 1.54) is 23.5 Å². The minimum absolute atomic E-state index is 0.0878. The molecule has 1 unspecified atom stereocenters. The Labute approximate surface area is 249 Å². The summed E-state index contributed by atoms with van der Waals surface area (Å²) in [7, 11) is 1.70. The topological polar surface area (TPSA) is 204 Å². The third kappa shape index (κ3) is 12.3. The minimum atomic E-state index is -1.26. The first-order valence-corrected chi connectivity index (χ1v) is 13.4. The number of thiazole rings is 1. The summed E-state index contributed by atoms with van der Waals surface area (Å²) in [5, 5.41) is 32.2. The maximum absolute atomic E-state index is 13.4. The fourth-order valence-corrected chi connectivity index (χ4v) is 4.85. The van der Waals surface area contributed by atoms with Crippen molar-refractivity contribution in [2.24, 2.45) is 5.73 Å². The Morgan fingerprint density at radius 3 is 1.98 bits per heavy atom. The van der Waals surface area contributed by atoms with Crippen LogP contribution in [0.25, 0.3) is 10.2 Å². The van der Waals surface area contributed by atoms with Crippen molar-refractivity contribution in [2.75, 3.05) is 38.2 Å². The number of benzene rings is 2. The van der Waals surface area contributed by atoms with Gasteiger partial charge in [-0.2, -0.15) is 0 Å². The Bertz CT molecular complexity index is 1400. The smallest absolute Gasteiger partial charge is 0.328 e. The van der Waals surface area contributed by atoms with Gasteiger partial charge in [0, 0.05) is 56.9 Å². The lowest BCUT2D eigenvalue weighted by Gasteiger charge is -2.39. The Morgan fingerprint density at radius 1 is 0.930 bits per heavy atom. The molecule has 1 atom stereocenters. The van der Waals surface area contributed by atoms with E-state index in [4.69, 9.17) is 30.9 Å². The van der Waals surface area contributed by atoms with E-state index in [0.717, 1.165) is 52.8 Å². The van der Waals surface area contributed by atoms with Crippen LogP contribution in [0.5, 0.6) is 5.75 Å². The van der Waals surface area contributed by atoms with Crippen LogP contribution in [0.3, 0.4) is 0 Å². The molecule has 1 aliphatic rings. The Morgan fingerprint density at radius 2 is 1.47 bits per heavy atom. The maximum Gasteiger partial charge on any atom is 0.328 e. The first kappa shape index (κ1) is 34.3. The minimum Gasteiger partial charge on any atom is -0.495 e. The molecule has 1 aliphatic heterocycles. The van der Waals surface area contributed by atoms with Crippen molar-refractivity contribution in [3.8, 4) is 5.75 Å².